The molecule has 2 aromatic carbocycles. The average Bonchev–Trinajstić information content (AvgIpc) is 3.62. The predicted octanol–water partition coefficient (Wildman–Crippen LogP) is 4.55. The van der Waals surface area contributed by atoms with Gasteiger partial charge in [-0.3, -0.25) is 4.79 Å². The van der Waals surface area contributed by atoms with Crippen LogP contribution in [-0.4, -0.2) is 40.6 Å². The summed E-state index contributed by atoms with van der Waals surface area (Å²) in [6, 6.07) is 13.5. The van der Waals surface area contributed by atoms with E-state index in [-0.39, 0.29) is 20.4 Å². The number of para-hydroxylation sites is 1. The van der Waals surface area contributed by atoms with Crippen LogP contribution in [0.15, 0.2) is 42.5 Å². The summed E-state index contributed by atoms with van der Waals surface area (Å²) in [5.74, 6) is 2.48. The number of nitrogens with one attached hydrogen (secondary N) is 1. The highest BCUT2D eigenvalue weighted by atomic mass is 16.3. The third-order valence-electron chi connectivity index (χ3n) is 6.31. The van der Waals surface area contributed by atoms with Gasteiger partial charge < -0.3 is 15.3 Å². The molecule has 164 valence electrons. The van der Waals surface area contributed by atoms with Crippen molar-refractivity contribution in [2.45, 2.75) is 32.6 Å². The zero-order valence-corrected chi connectivity index (χ0v) is 17.8. The number of hydrogen-bond acceptors (Lipinski definition) is 5. The van der Waals surface area contributed by atoms with Gasteiger partial charge in [-0.2, -0.15) is 0 Å². The molecule has 1 aliphatic heterocycles. The van der Waals surface area contributed by atoms with Gasteiger partial charge >= 0.3 is 0 Å². The number of fused-ring (bicyclic) bond motifs is 1. The Kier molecular flexibility index (Phi) is 5.22. The Morgan fingerprint density at radius 2 is 2.03 bits per heavy atom. The van der Waals surface area contributed by atoms with Crippen LogP contribution in [0.1, 0.15) is 34.1 Å². The highest BCUT2D eigenvalue weighted by molar-refractivity contribution is 5.92. The maximum atomic E-state index is 12.1. The summed E-state index contributed by atoms with van der Waals surface area (Å²) in [4.78, 5) is 24.1. The van der Waals surface area contributed by atoms with E-state index < -0.39 is 0 Å². The molecule has 1 atom stereocenters. The van der Waals surface area contributed by atoms with Crippen molar-refractivity contribution in [1.29, 1.82) is 0 Å². The molecule has 2 fully saturated rings. The van der Waals surface area contributed by atoms with Crippen molar-refractivity contribution in [2.24, 2.45) is 11.8 Å². The van der Waals surface area contributed by atoms with Crippen LogP contribution in [0.25, 0.3) is 22.3 Å². The number of carbonyl (C=O) groups is 1. The molecular formula is C25H32N4O2. The molecule has 2 aliphatic rings. The SMILES string of the molecule is Cc1ccc2c(N3CCCC(CNC(=O)C4CC4)C3)nc(-c3ccccc3O)nc2c1.[HH].[HH]. The lowest BCUT2D eigenvalue weighted by molar-refractivity contribution is -0.122. The molecule has 1 aliphatic carbocycles. The molecular weight excluding hydrogens is 388 g/mol. The van der Waals surface area contributed by atoms with E-state index >= 15 is 0 Å². The minimum atomic E-state index is 0. The second-order valence-corrected chi connectivity index (χ2v) is 8.88. The van der Waals surface area contributed by atoms with E-state index in [4.69, 9.17) is 9.97 Å². The molecule has 1 unspecified atom stereocenters. The number of phenolic OH excluding ortho intramolecular Hbond substituents is 1. The molecule has 1 saturated heterocycles. The predicted molar refractivity (Wildman–Crippen MR) is 126 cm³/mol. The molecule has 6 heteroatoms. The van der Waals surface area contributed by atoms with Gasteiger partial charge in [0.15, 0.2) is 5.82 Å². The molecule has 2 N–H and O–H groups in total. The minimum Gasteiger partial charge on any atom is -0.507 e. The number of piperidine rings is 1. The lowest BCUT2D eigenvalue weighted by atomic mass is 9.97. The number of anilines is 1. The Labute approximate surface area is 185 Å². The molecule has 31 heavy (non-hydrogen) atoms. The summed E-state index contributed by atoms with van der Waals surface area (Å²) < 4.78 is 0. The summed E-state index contributed by atoms with van der Waals surface area (Å²) in [7, 11) is 0. The zero-order valence-electron chi connectivity index (χ0n) is 17.8. The fourth-order valence-electron chi connectivity index (χ4n) is 4.41. The number of benzene rings is 2. The highest BCUT2D eigenvalue weighted by Gasteiger charge is 2.30. The molecule has 6 nitrogen and oxygen atoms in total. The molecule has 1 saturated carbocycles. The van der Waals surface area contributed by atoms with Crippen LogP contribution >= 0.6 is 0 Å². The number of phenols is 1. The lowest BCUT2D eigenvalue weighted by Crippen LogP contribution is -2.41. The number of aromatic nitrogens is 2. The van der Waals surface area contributed by atoms with E-state index in [1.54, 1.807) is 12.1 Å². The van der Waals surface area contributed by atoms with Crippen molar-refractivity contribution in [3.8, 4) is 17.1 Å². The maximum absolute atomic E-state index is 12.1. The van der Waals surface area contributed by atoms with Crippen molar-refractivity contribution in [1.82, 2.24) is 15.3 Å². The molecule has 3 aromatic rings. The second-order valence-electron chi connectivity index (χ2n) is 8.88. The van der Waals surface area contributed by atoms with Crippen LogP contribution in [0.3, 0.4) is 0 Å². The smallest absolute Gasteiger partial charge is 0.223 e. The zero-order chi connectivity index (χ0) is 21.4. The number of aromatic hydroxyl groups is 1. The Hall–Kier alpha value is -3.15. The molecule has 0 radical (unpaired) electrons. The summed E-state index contributed by atoms with van der Waals surface area (Å²) in [6.07, 6.45) is 4.23. The summed E-state index contributed by atoms with van der Waals surface area (Å²) in [6.45, 7) is 4.55. The molecule has 0 spiro atoms. The third kappa shape index (κ3) is 4.20. The van der Waals surface area contributed by atoms with Crippen LogP contribution < -0.4 is 10.2 Å². The number of amides is 1. The molecule has 0 bridgehead atoms. The molecule has 5 rings (SSSR count). The van der Waals surface area contributed by atoms with Crippen LogP contribution in [0, 0.1) is 18.8 Å². The van der Waals surface area contributed by atoms with Gasteiger partial charge in [0.1, 0.15) is 11.6 Å². The number of nitrogens with zero attached hydrogens (tertiary/aromatic N) is 3. The number of hydrogen-bond donors (Lipinski definition) is 2. The summed E-state index contributed by atoms with van der Waals surface area (Å²) in [5.41, 5.74) is 2.66. The number of aryl methyl sites for hydroxylation is 1. The Morgan fingerprint density at radius 1 is 1.19 bits per heavy atom. The first-order valence-electron chi connectivity index (χ1n) is 11.2. The van der Waals surface area contributed by atoms with Gasteiger partial charge in [-0.1, -0.05) is 18.2 Å². The first-order valence-corrected chi connectivity index (χ1v) is 11.2. The molecule has 1 aromatic heterocycles. The summed E-state index contributed by atoms with van der Waals surface area (Å²) >= 11 is 0. The van der Waals surface area contributed by atoms with E-state index in [0.29, 0.717) is 17.3 Å². The largest absolute Gasteiger partial charge is 0.507 e. The van der Waals surface area contributed by atoms with Crippen molar-refractivity contribution >= 4 is 22.6 Å². The first-order chi connectivity index (χ1) is 15.1. The molecule has 1 amide bonds. The van der Waals surface area contributed by atoms with Crippen molar-refractivity contribution in [2.75, 3.05) is 24.5 Å². The van der Waals surface area contributed by atoms with Gasteiger partial charge in [-0.25, -0.2) is 9.97 Å². The minimum absolute atomic E-state index is 0. The Balaban J connectivity index is 0.00000153. The van der Waals surface area contributed by atoms with Crippen molar-refractivity contribution < 1.29 is 12.8 Å². The standard InChI is InChI=1S/C25H28N4O2.2H2/c1-16-8-11-19-21(13-16)27-23(20-6-2-3-7-22(20)30)28-24(19)29-12-4-5-17(15-29)14-26-25(31)18-9-10-18;;/h2-3,6-8,11,13,17-18,30H,4-5,9-10,12,14-15H2,1H3,(H,26,31);2*1H. The Bertz CT molecular complexity index is 1140. The third-order valence-corrected chi connectivity index (χ3v) is 6.31. The van der Waals surface area contributed by atoms with Gasteiger partial charge in [0, 0.05) is 33.8 Å². The van der Waals surface area contributed by atoms with Crippen LogP contribution in [0.5, 0.6) is 5.75 Å². The quantitative estimate of drug-likeness (QED) is 0.633. The van der Waals surface area contributed by atoms with Crippen LogP contribution in [-0.2, 0) is 4.79 Å². The van der Waals surface area contributed by atoms with E-state index in [1.807, 2.05) is 12.1 Å². The van der Waals surface area contributed by atoms with Gasteiger partial charge in [-0.05, 0) is 68.4 Å². The van der Waals surface area contributed by atoms with Gasteiger partial charge in [0.25, 0.3) is 0 Å². The van der Waals surface area contributed by atoms with Crippen LogP contribution in [0.4, 0.5) is 5.82 Å². The monoisotopic (exact) mass is 420 g/mol. The van der Waals surface area contributed by atoms with Gasteiger partial charge in [0.2, 0.25) is 5.91 Å². The maximum Gasteiger partial charge on any atom is 0.223 e. The molecule has 2 heterocycles. The fraction of sp³-hybridized carbons (Fsp3) is 0.400. The van der Waals surface area contributed by atoms with E-state index in [1.165, 1.54) is 0 Å². The van der Waals surface area contributed by atoms with Gasteiger partial charge in [-0.15, -0.1) is 0 Å². The first kappa shape index (κ1) is 19.8. The topological polar surface area (TPSA) is 78.4 Å². The normalized spacial score (nSPS) is 18.9. The highest BCUT2D eigenvalue weighted by Crippen LogP contribution is 2.34. The Morgan fingerprint density at radius 3 is 2.84 bits per heavy atom. The van der Waals surface area contributed by atoms with Crippen molar-refractivity contribution in [3.05, 3.63) is 48.0 Å². The lowest BCUT2D eigenvalue weighted by Gasteiger charge is -2.34. The fourth-order valence-corrected chi connectivity index (χ4v) is 4.41. The van der Waals surface area contributed by atoms with Gasteiger partial charge in [0.05, 0.1) is 11.1 Å². The average molecular weight is 421 g/mol. The number of carbonyl (C=O) groups excluding carboxylic acids is 1. The summed E-state index contributed by atoms with van der Waals surface area (Å²) in [5, 5.41) is 14.5. The second kappa shape index (κ2) is 8.17. The van der Waals surface area contributed by atoms with E-state index in [9.17, 15) is 9.90 Å². The van der Waals surface area contributed by atoms with Crippen LogP contribution in [0.2, 0.25) is 0 Å². The van der Waals surface area contributed by atoms with Crippen molar-refractivity contribution in [3.63, 3.8) is 0 Å². The van der Waals surface area contributed by atoms with E-state index in [2.05, 4.69) is 35.3 Å². The van der Waals surface area contributed by atoms with E-state index in [0.717, 1.165) is 67.6 Å². The number of rotatable bonds is 5.